The van der Waals surface area contributed by atoms with Crippen LogP contribution in [0.2, 0.25) is 0 Å². The number of benzene rings is 2. The molecule has 5 heteroatoms. The Morgan fingerprint density at radius 3 is 2.36 bits per heavy atom. The molecule has 0 bridgehead atoms. The van der Waals surface area contributed by atoms with E-state index in [1.807, 2.05) is 54.3 Å². The molecule has 0 unspecified atom stereocenters. The summed E-state index contributed by atoms with van der Waals surface area (Å²) in [6, 6.07) is 15.6. The third kappa shape index (κ3) is 3.94. The molecule has 132 valence electrons. The summed E-state index contributed by atoms with van der Waals surface area (Å²) in [7, 11) is 0. The van der Waals surface area contributed by atoms with E-state index in [9.17, 15) is 4.79 Å². The van der Waals surface area contributed by atoms with Gasteiger partial charge in [-0.05, 0) is 36.8 Å². The monoisotopic (exact) mass is 339 g/mol. The molecule has 0 atom stereocenters. The molecule has 0 aromatic heterocycles. The molecular weight excluding hydrogens is 314 g/mol. The van der Waals surface area contributed by atoms with Gasteiger partial charge in [0.15, 0.2) is 0 Å². The first kappa shape index (κ1) is 17.3. The predicted molar refractivity (Wildman–Crippen MR) is 100 cm³/mol. The highest BCUT2D eigenvalue weighted by Crippen LogP contribution is 2.29. The van der Waals surface area contributed by atoms with Crippen molar-refractivity contribution in [2.24, 2.45) is 5.73 Å². The van der Waals surface area contributed by atoms with Crippen molar-refractivity contribution in [3.63, 3.8) is 0 Å². The summed E-state index contributed by atoms with van der Waals surface area (Å²) < 4.78 is 5.72. The summed E-state index contributed by atoms with van der Waals surface area (Å²) in [5.74, 6) is 0.989. The van der Waals surface area contributed by atoms with Crippen LogP contribution in [0.5, 0.6) is 5.75 Å². The van der Waals surface area contributed by atoms with E-state index in [1.165, 1.54) is 0 Å². The average Bonchev–Trinajstić information content (AvgIpc) is 2.68. The van der Waals surface area contributed by atoms with E-state index < -0.39 is 0 Å². The zero-order valence-corrected chi connectivity index (χ0v) is 14.6. The van der Waals surface area contributed by atoms with Crippen LogP contribution in [0.1, 0.15) is 22.8 Å². The number of amides is 1. The molecule has 3 rings (SSSR count). The summed E-state index contributed by atoms with van der Waals surface area (Å²) in [5.41, 5.74) is 8.47. The number of hydrogen-bond donors (Lipinski definition) is 1. The Morgan fingerprint density at radius 2 is 1.72 bits per heavy atom. The van der Waals surface area contributed by atoms with Gasteiger partial charge in [0.2, 0.25) is 0 Å². The van der Waals surface area contributed by atoms with Crippen molar-refractivity contribution in [1.82, 2.24) is 4.90 Å². The average molecular weight is 339 g/mol. The van der Waals surface area contributed by atoms with Crippen molar-refractivity contribution in [3.8, 4) is 5.75 Å². The van der Waals surface area contributed by atoms with Crippen LogP contribution in [0, 0.1) is 0 Å². The van der Waals surface area contributed by atoms with Crippen molar-refractivity contribution in [2.45, 2.75) is 13.5 Å². The molecule has 2 N–H and O–H groups in total. The molecule has 1 saturated heterocycles. The number of carbonyl (C=O) groups excluding carboxylic acids is 1. The van der Waals surface area contributed by atoms with Crippen LogP contribution in [0.3, 0.4) is 0 Å². The fourth-order valence-corrected chi connectivity index (χ4v) is 3.11. The van der Waals surface area contributed by atoms with E-state index in [4.69, 9.17) is 10.5 Å². The smallest absolute Gasteiger partial charge is 0.253 e. The number of ether oxygens (including phenoxy) is 1. The maximum absolute atomic E-state index is 12.7. The van der Waals surface area contributed by atoms with Crippen molar-refractivity contribution in [2.75, 3.05) is 37.7 Å². The van der Waals surface area contributed by atoms with Gasteiger partial charge in [-0.25, -0.2) is 0 Å². The summed E-state index contributed by atoms with van der Waals surface area (Å²) in [5, 5.41) is 0. The molecule has 0 saturated carbocycles. The fourth-order valence-electron chi connectivity index (χ4n) is 3.11. The summed E-state index contributed by atoms with van der Waals surface area (Å²) >= 11 is 0. The van der Waals surface area contributed by atoms with Gasteiger partial charge in [-0.15, -0.1) is 0 Å². The molecule has 0 aliphatic carbocycles. The fraction of sp³-hybridized carbons (Fsp3) is 0.350. The Kier molecular flexibility index (Phi) is 5.56. The van der Waals surface area contributed by atoms with Crippen LogP contribution in [-0.2, 0) is 6.54 Å². The molecule has 1 aliphatic rings. The molecule has 1 amide bonds. The summed E-state index contributed by atoms with van der Waals surface area (Å²) in [4.78, 5) is 16.9. The van der Waals surface area contributed by atoms with E-state index in [0.717, 1.165) is 35.7 Å². The number of hydrogen-bond acceptors (Lipinski definition) is 4. The Balaban J connectivity index is 1.64. The van der Waals surface area contributed by atoms with Crippen molar-refractivity contribution in [3.05, 3.63) is 59.7 Å². The second kappa shape index (κ2) is 8.03. The van der Waals surface area contributed by atoms with Crippen LogP contribution in [0.4, 0.5) is 5.69 Å². The Bertz CT molecular complexity index is 707. The summed E-state index contributed by atoms with van der Waals surface area (Å²) in [6.45, 7) is 6.15. The quantitative estimate of drug-likeness (QED) is 0.909. The number of anilines is 1. The largest absolute Gasteiger partial charge is 0.492 e. The minimum Gasteiger partial charge on any atom is -0.492 e. The van der Waals surface area contributed by atoms with E-state index in [1.54, 1.807) is 0 Å². The SMILES string of the molecule is CCOc1ccccc1N1CCN(C(=O)c2ccc(CN)cc2)CC1. The van der Waals surface area contributed by atoms with Crippen molar-refractivity contribution >= 4 is 11.6 Å². The van der Waals surface area contributed by atoms with Gasteiger partial charge in [0.25, 0.3) is 5.91 Å². The minimum absolute atomic E-state index is 0.0846. The van der Waals surface area contributed by atoms with Crippen LogP contribution in [0.25, 0.3) is 0 Å². The zero-order valence-electron chi connectivity index (χ0n) is 14.6. The first-order valence-electron chi connectivity index (χ1n) is 8.78. The molecule has 0 spiro atoms. The highest BCUT2D eigenvalue weighted by Gasteiger charge is 2.23. The Labute approximate surface area is 149 Å². The normalized spacial score (nSPS) is 14.5. The number of rotatable bonds is 5. The van der Waals surface area contributed by atoms with Gasteiger partial charge in [-0.1, -0.05) is 24.3 Å². The standard InChI is InChI=1S/C20H25N3O2/c1-2-25-19-6-4-3-5-18(19)22-11-13-23(14-12-22)20(24)17-9-7-16(15-21)8-10-17/h3-10H,2,11-15,21H2,1H3. The van der Waals surface area contributed by atoms with Gasteiger partial charge in [-0.2, -0.15) is 0 Å². The lowest BCUT2D eigenvalue weighted by Crippen LogP contribution is -2.48. The second-order valence-corrected chi connectivity index (χ2v) is 6.08. The lowest BCUT2D eigenvalue weighted by molar-refractivity contribution is 0.0746. The van der Waals surface area contributed by atoms with E-state index in [2.05, 4.69) is 11.0 Å². The lowest BCUT2D eigenvalue weighted by atomic mass is 10.1. The molecule has 1 aliphatic heterocycles. The lowest BCUT2D eigenvalue weighted by Gasteiger charge is -2.36. The van der Waals surface area contributed by atoms with E-state index in [-0.39, 0.29) is 5.91 Å². The maximum Gasteiger partial charge on any atom is 0.253 e. The maximum atomic E-state index is 12.7. The molecule has 1 fully saturated rings. The Morgan fingerprint density at radius 1 is 1.04 bits per heavy atom. The zero-order chi connectivity index (χ0) is 17.6. The first-order chi connectivity index (χ1) is 12.2. The van der Waals surface area contributed by atoms with Crippen LogP contribution in [0.15, 0.2) is 48.5 Å². The number of carbonyl (C=O) groups is 1. The van der Waals surface area contributed by atoms with Gasteiger partial charge < -0.3 is 20.3 Å². The molecular formula is C20H25N3O2. The van der Waals surface area contributed by atoms with Crippen LogP contribution in [-0.4, -0.2) is 43.6 Å². The Hall–Kier alpha value is -2.53. The molecule has 2 aromatic carbocycles. The molecule has 5 nitrogen and oxygen atoms in total. The molecule has 0 radical (unpaired) electrons. The number of piperazine rings is 1. The molecule has 25 heavy (non-hydrogen) atoms. The topological polar surface area (TPSA) is 58.8 Å². The minimum atomic E-state index is 0.0846. The van der Waals surface area contributed by atoms with E-state index in [0.29, 0.717) is 26.2 Å². The van der Waals surface area contributed by atoms with Crippen molar-refractivity contribution in [1.29, 1.82) is 0 Å². The van der Waals surface area contributed by atoms with Gasteiger partial charge >= 0.3 is 0 Å². The van der Waals surface area contributed by atoms with Crippen LogP contribution >= 0.6 is 0 Å². The second-order valence-electron chi connectivity index (χ2n) is 6.08. The third-order valence-electron chi connectivity index (χ3n) is 4.51. The van der Waals surface area contributed by atoms with Crippen molar-refractivity contribution < 1.29 is 9.53 Å². The summed E-state index contributed by atoms with van der Waals surface area (Å²) in [6.07, 6.45) is 0. The number of para-hydroxylation sites is 2. The van der Waals surface area contributed by atoms with Gasteiger partial charge in [0, 0.05) is 38.3 Å². The van der Waals surface area contributed by atoms with Gasteiger partial charge in [0.05, 0.1) is 12.3 Å². The van der Waals surface area contributed by atoms with Gasteiger partial charge in [-0.3, -0.25) is 4.79 Å². The van der Waals surface area contributed by atoms with Crippen LogP contribution < -0.4 is 15.4 Å². The van der Waals surface area contributed by atoms with E-state index >= 15 is 0 Å². The highest BCUT2D eigenvalue weighted by atomic mass is 16.5. The molecule has 1 heterocycles. The first-order valence-corrected chi connectivity index (χ1v) is 8.78. The highest BCUT2D eigenvalue weighted by molar-refractivity contribution is 5.94. The number of nitrogens with zero attached hydrogens (tertiary/aromatic N) is 2. The molecule has 2 aromatic rings. The predicted octanol–water partition coefficient (Wildman–Crippen LogP) is 2.51. The third-order valence-corrected chi connectivity index (χ3v) is 4.51. The number of nitrogens with two attached hydrogens (primary N) is 1. The van der Waals surface area contributed by atoms with Gasteiger partial charge in [0.1, 0.15) is 5.75 Å².